The van der Waals surface area contributed by atoms with Crippen LogP contribution in [0.3, 0.4) is 0 Å². The van der Waals surface area contributed by atoms with Crippen LogP contribution in [0.5, 0.6) is 0 Å². The first-order valence-electron chi connectivity index (χ1n) is 12.9. The Balaban J connectivity index is 1.22. The molecule has 3 aromatic carbocycles. The van der Waals surface area contributed by atoms with Gasteiger partial charge in [0.1, 0.15) is 6.61 Å². The summed E-state index contributed by atoms with van der Waals surface area (Å²) in [7, 11) is 0. The Hall–Kier alpha value is -2.91. The second kappa shape index (κ2) is 10.3. The molecule has 0 spiro atoms. The van der Waals surface area contributed by atoms with Crippen LogP contribution in [0.4, 0.5) is 17.7 Å². The number of nitrogens with zero attached hydrogens (tertiary/aromatic N) is 2. The summed E-state index contributed by atoms with van der Waals surface area (Å²) in [5, 5.41) is 0. The zero-order valence-corrected chi connectivity index (χ0v) is 22.7. The fraction of sp³-hybridized carbons (Fsp3) is 0.345. The maximum atomic E-state index is 13.8. The van der Waals surface area contributed by atoms with Crippen molar-refractivity contribution in [2.24, 2.45) is 0 Å². The smallest absolute Gasteiger partial charge is 0.448 e. The first kappa shape index (κ1) is 26.7. The monoisotopic (exact) mass is 539 g/mol. The van der Waals surface area contributed by atoms with Gasteiger partial charge in [-0.3, -0.25) is 4.90 Å². The van der Waals surface area contributed by atoms with Gasteiger partial charge in [-0.05, 0) is 54.2 Å². The molecule has 0 atom stereocenters. The standard InChI is InChI=1S/C29H31BF3N2O2S/c1-18-25(19(2)28(38)20(3)27(18)30(31,32)33)16-34-12-14-35(15-13-34)29(36)37-17-26-23-10-6-4-8-21(23)22-9-5-7-11-24(22)26/h4-11,26,38H,12-17H2,1-3H3/q-1. The van der Waals surface area contributed by atoms with E-state index in [0.717, 1.165) is 5.56 Å². The van der Waals surface area contributed by atoms with Crippen molar-refractivity contribution in [1.82, 2.24) is 9.80 Å². The Morgan fingerprint density at radius 3 is 2.00 bits per heavy atom. The Kier molecular flexibility index (Phi) is 7.26. The molecule has 3 aromatic rings. The molecule has 0 saturated carbocycles. The molecule has 1 aliphatic heterocycles. The summed E-state index contributed by atoms with van der Waals surface area (Å²) >= 11 is 4.41. The molecular weight excluding hydrogens is 508 g/mol. The number of carbonyl (C=O) groups is 1. The second-order valence-electron chi connectivity index (χ2n) is 10.3. The zero-order chi connectivity index (χ0) is 27.2. The van der Waals surface area contributed by atoms with Crippen LogP contribution in [0, 0.1) is 20.8 Å². The van der Waals surface area contributed by atoms with Crippen molar-refractivity contribution in [2.45, 2.75) is 38.1 Å². The largest absolute Gasteiger partial charge is 0.510 e. The molecule has 200 valence electrons. The Labute approximate surface area is 227 Å². The van der Waals surface area contributed by atoms with E-state index in [1.165, 1.54) is 29.2 Å². The average molecular weight is 539 g/mol. The third-order valence-electron chi connectivity index (χ3n) is 8.10. The topological polar surface area (TPSA) is 32.8 Å². The number of piperazine rings is 1. The van der Waals surface area contributed by atoms with Gasteiger partial charge in [0.25, 0.3) is 0 Å². The Morgan fingerprint density at radius 1 is 0.895 bits per heavy atom. The minimum absolute atomic E-state index is 0.0000168. The first-order chi connectivity index (χ1) is 18.1. The molecule has 0 N–H and O–H groups in total. The lowest BCUT2D eigenvalue weighted by Crippen LogP contribution is -2.49. The van der Waals surface area contributed by atoms with Gasteiger partial charge in [0, 0.05) is 43.5 Å². The number of halogens is 3. The molecule has 38 heavy (non-hydrogen) atoms. The molecule has 1 aliphatic carbocycles. The lowest BCUT2D eigenvalue weighted by atomic mass is 9.72. The van der Waals surface area contributed by atoms with Crippen molar-refractivity contribution in [1.29, 1.82) is 0 Å². The van der Waals surface area contributed by atoms with E-state index in [0.29, 0.717) is 43.2 Å². The number of hydrogen-bond acceptors (Lipinski definition) is 4. The highest BCUT2D eigenvalue weighted by Gasteiger charge is 2.33. The lowest BCUT2D eigenvalue weighted by molar-refractivity contribution is 0.0727. The molecule has 0 radical (unpaired) electrons. The van der Waals surface area contributed by atoms with Crippen LogP contribution in [0.1, 0.15) is 39.3 Å². The van der Waals surface area contributed by atoms with Crippen molar-refractivity contribution in [3.63, 3.8) is 0 Å². The van der Waals surface area contributed by atoms with Crippen molar-refractivity contribution in [2.75, 3.05) is 32.8 Å². The summed E-state index contributed by atoms with van der Waals surface area (Å²) in [6.07, 6.45) is -0.353. The number of hydrogen-bond donors (Lipinski definition) is 1. The summed E-state index contributed by atoms with van der Waals surface area (Å²) in [5.41, 5.74) is 6.08. The van der Waals surface area contributed by atoms with Crippen LogP contribution in [-0.2, 0) is 11.3 Å². The number of benzene rings is 3. The number of amides is 1. The third-order valence-corrected chi connectivity index (χ3v) is 8.77. The highest BCUT2D eigenvalue weighted by atomic mass is 32.1. The molecule has 0 bridgehead atoms. The summed E-state index contributed by atoms with van der Waals surface area (Å²) in [6, 6.07) is 16.4. The van der Waals surface area contributed by atoms with E-state index >= 15 is 0 Å². The molecule has 0 aromatic heterocycles. The number of thiol groups is 1. The van der Waals surface area contributed by atoms with Crippen molar-refractivity contribution in [3.05, 3.63) is 81.9 Å². The summed E-state index contributed by atoms with van der Waals surface area (Å²) in [4.78, 5) is 17.1. The average Bonchev–Trinajstić information content (AvgIpc) is 3.22. The normalized spacial score (nSPS) is 15.9. The molecule has 1 fully saturated rings. The van der Waals surface area contributed by atoms with Gasteiger partial charge in [0.2, 0.25) is 0 Å². The van der Waals surface area contributed by atoms with E-state index < -0.39 is 12.4 Å². The summed E-state index contributed by atoms with van der Waals surface area (Å²) < 4.78 is 47.3. The maximum absolute atomic E-state index is 13.8. The van der Waals surface area contributed by atoms with Crippen molar-refractivity contribution < 1.29 is 22.5 Å². The van der Waals surface area contributed by atoms with Gasteiger partial charge in [0.05, 0.1) is 0 Å². The van der Waals surface area contributed by atoms with E-state index in [2.05, 4.69) is 41.8 Å². The van der Waals surface area contributed by atoms with E-state index in [1.54, 1.807) is 11.8 Å². The predicted octanol–water partition coefficient (Wildman–Crippen LogP) is 6.02. The zero-order valence-electron chi connectivity index (χ0n) is 21.8. The fourth-order valence-corrected chi connectivity index (χ4v) is 6.26. The van der Waals surface area contributed by atoms with Crippen LogP contribution >= 0.6 is 12.6 Å². The number of fused-ring (bicyclic) bond motifs is 3. The lowest BCUT2D eigenvalue weighted by Gasteiger charge is -2.36. The van der Waals surface area contributed by atoms with Crippen LogP contribution < -0.4 is 5.46 Å². The van der Waals surface area contributed by atoms with Crippen molar-refractivity contribution in [3.8, 4) is 11.1 Å². The third kappa shape index (κ3) is 4.82. The summed E-state index contributed by atoms with van der Waals surface area (Å²) in [5.74, 6) is -0.0000168. The fourth-order valence-electron chi connectivity index (χ4n) is 6.00. The van der Waals surface area contributed by atoms with E-state index in [4.69, 9.17) is 4.74 Å². The quantitative estimate of drug-likeness (QED) is 0.318. The van der Waals surface area contributed by atoms with Gasteiger partial charge < -0.3 is 22.6 Å². The number of rotatable bonds is 5. The SMILES string of the molecule is Cc1c(S)c(C)c([B-](F)(F)F)c(C)c1CN1CCN(C(=O)OCC2c3ccccc3-c3ccccc32)CC1. The molecule has 9 heteroatoms. The molecule has 5 rings (SSSR count). The van der Waals surface area contributed by atoms with Gasteiger partial charge in [-0.2, -0.15) is 0 Å². The van der Waals surface area contributed by atoms with Gasteiger partial charge in [-0.25, -0.2) is 4.79 Å². The maximum Gasteiger partial charge on any atom is 0.510 e. The molecule has 1 heterocycles. The van der Waals surface area contributed by atoms with Crippen LogP contribution in [0.25, 0.3) is 11.1 Å². The van der Waals surface area contributed by atoms with Gasteiger partial charge in [0.15, 0.2) is 0 Å². The van der Waals surface area contributed by atoms with Gasteiger partial charge in [-0.1, -0.05) is 59.7 Å². The highest BCUT2D eigenvalue weighted by molar-refractivity contribution is 7.80. The van der Waals surface area contributed by atoms with Crippen molar-refractivity contribution >= 4 is 31.2 Å². The van der Waals surface area contributed by atoms with Crippen LogP contribution in [-0.4, -0.2) is 55.7 Å². The molecule has 1 amide bonds. The van der Waals surface area contributed by atoms with E-state index in [9.17, 15) is 17.7 Å². The minimum atomic E-state index is -5.14. The second-order valence-corrected chi connectivity index (χ2v) is 10.7. The Morgan fingerprint density at radius 2 is 1.45 bits per heavy atom. The Bertz CT molecular complexity index is 1340. The van der Waals surface area contributed by atoms with Crippen LogP contribution in [0.2, 0.25) is 0 Å². The van der Waals surface area contributed by atoms with Gasteiger partial charge >= 0.3 is 13.1 Å². The molecule has 0 unspecified atom stereocenters. The van der Waals surface area contributed by atoms with E-state index in [-0.39, 0.29) is 29.7 Å². The number of ether oxygens (including phenoxy) is 1. The number of carbonyl (C=O) groups excluding carboxylic acids is 1. The molecular formula is C29H31BF3N2O2S-. The first-order valence-corrected chi connectivity index (χ1v) is 13.4. The predicted molar refractivity (Wildman–Crippen MR) is 149 cm³/mol. The highest BCUT2D eigenvalue weighted by Crippen LogP contribution is 2.44. The van der Waals surface area contributed by atoms with Gasteiger partial charge in [-0.15, -0.1) is 18.1 Å². The minimum Gasteiger partial charge on any atom is -0.448 e. The van der Waals surface area contributed by atoms with Crippen LogP contribution in [0.15, 0.2) is 53.4 Å². The molecule has 1 saturated heterocycles. The summed E-state index contributed by atoms with van der Waals surface area (Å²) in [6.45, 7) is 2.44. The van der Waals surface area contributed by atoms with E-state index in [1.807, 2.05) is 31.2 Å². The molecule has 4 nitrogen and oxygen atoms in total. The molecule has 2 aliphatic rings.